The SMILES string of the molecule is Cc1nc([C@@H](C)Oc2cc(-c3cc4n(n3)CC[C@@]43CCN(C(=O)NC(C)C)C3)cnc2N)cs1. The molecule has 3 aromatic heterocycles. The van der Waals surface area contributed by atoms with Crippen LogP contribution < -0.4 is 15.8 Å². The fourth-order valence-corrected chi connectivity index (χ4v) is 5.60. The Kier molecular flexibility index (Phi) is 5.71. The Bertz CT molecular complexity index is 1220. The molecule has 10 heteroatoms. The lowest BCUT2D eigenvalue weighted by molar-refractivity contribution is 0.203. The van der Waals surface area contributed by atoms with E-state index in [1.165, 1.54) is 5.69 Å². The number of hydrogen-bond acceptors (Lipinski definition) is 7. The molecule has 34 heavy (non-hydrogen) atoms. The van der Waals surface area contributed by atoms with Gasteiger partial charge in [-0.25, -0.2) is 14.8 Å². The van der Waals surface area contributed by atoms with Crippen LogP contribution in [0.25, 0.3) is 11.3 Å². The van der Waals surface area contributed by atoms with Crippen LogP contribution in [0.5, 0.6) is 5.75 Å². The summed E-state index contributed by atoms with van der Waals surface area (Å²) >= 11 is 1.60. The van der Waals surface area contributed by atoms with Crippen LogP contribution in [-0.2, 0) is 12.0 Å². The zero-order valence-corrected chi connectivity index (χ0v) is 20.9. The standard InChI is InChI=1S/C24H31N7O2S/c1-14(2)27-23(32)30-7-5-24(13-30)6-8-31-21(24)10-18(29-31)17-9-20(22(25)26-11-17)33-15(3)19-12-34-16(4)28-19/h9-12,14-15H,5-8,13H2,1-4H3,(H2,25,26)(H,27,32)/t15-,24-/m1/s1. The number of carbonyl (C=O) groups is 1. The summed E-state index contributed by atoms with van der Waals surface area (Å²) < 4.78 is 8.20. The van der Waals surface area contributed by atoms with E-state index in [1.54, 1.807) is 17.5 Å². The van der Waals surface area contributed by atoms with E-state index in [0.717, 1.165) is 54.4 Å². The molecule has 1 saturated heterocycles. The maximum atomic E-state index is 12.6. The third kappa shape index (κ3) is 4.11. The molecule has 5 heterocycles. The van der Waals surface area contributed by atoms with Crippen LogP contribution in [0, 0.1) is 6.92 Å². The minimum Gasteiger partial charge on any atom is -0.480 e. The fourth-order valence-electron chi connectivity index (χ4n) is 4.91. The summed E-state index contributed by atoms with van der Waals surface area (Å²) in [5.74, 6) is 0.865. The van der Waals surface area contributed by atoms with E-state index in [0.29, 0.717) is 11.6 Å². The quantitative estimate of drug-likeness (QED) is 0.572. The van der Waals surface area contributed by atoms with Gasteiger partial charge in [-0.1, -0.05) is 0 Å². The Balaban J connectivity index is 1.37. The summed E-state index contributed by atoms with van der Waals surface area (Å²) in [6.07, 6.45) is 3.45. The van der Waals surface area contributed by atoms with Crippen molar-refractivity contribution in [1.29, 1.82) is 0 Å². The Hall–Kier alpha value is -3.14. The van der Waals surface area contributed by atoms with Gasteiger partial charge in [0.05, 0.1) is 16.4 Å². The molecule has 2 aliphatic rings. The molecule has 1 fully saturated rings. The van der Waals surface area contributed by atoms with Crippen LogP contribution in [-0.4, -0.2) is 49.8 Å². The number of nitrogens with zero attached hydrogens (tertiary/aromatic N) is 5. The summed E-state index contributed by atoms with van der Waals surface area (Å²) in [6, 6.07) is 4.18. The number of pyridine rings is 1. The van der Waals surface area contributed by atoms with Gasteiger partial charge in [-0.2, -0.15) is 5.10 Å². The molecule has 0 aromatic carbocycles. The van der Waals surface area contributed by atoms with E-state index >= 15 is 0 Å². The number of hydrogen-bond donors (Lipinski definition) is 2. The van der Waals surface area contributed by atoms with Gasteiger partial charge in [0.15, 0.2) is 11.6 Å². The van der Waals surface area contributed by atoms with Crippen molar-refractivity contribution in [2.45, 2.75) is 64.6 Å². The second kappa shape index (κ2) is 8.57. The van der Waals surface area contributed by atoms with Crippen molar-refractivity contribution in [1.82, 2.24) is 30.0 Å². The maximum absolute atomic E-state index is 12.6. The second-order valence-corrected chi connectivity index (χ2v) is 10.7. The minimum absolute atomic E-state index is 0.0130. The third-order valence-corrected chi connectivity index (χ3v) is 7.50. The number of nitrogen functional groups attached to an aromatic ring is 1. The van der Waals surface area contributed by atoms with Crippen molar-refractivity contribution >= 4 is 23.2 Å². The first kappa shape index (κ1) is 22.6. The van der Waals surface area contributed by atoms with E-state index in [1.807, 2.05) is 44.0 Å². The van der Waals surface area contributed by atoms with Crippen molar-refractivity contribution in [2.75, 3.05) is 18.8 Å². The predicted octanol–water partition coefficient (Wildman–Crippen LogP) is 3.90. The smallest absolute Gasteiger partial charge is 0.317 e. The van der Waals surface area contributed by atoms with Crippen LogP contribution in [0.15, 0.2) is 23.7 Å². The molecular formula is C24H31N7O2S. The topological polar surface area (TPSA) is 111 Å². The largest absolute Gasteiger partial charge is 0.480 e. The van der Waals surface area contributed by atoms with Gasteiger partial charge in [0.2, 0.25) is 0 Å². The molecule has 1 spiro atoms. The van der Waals surface area contributed by atoms with E-state index in [-0.39, 0.29) is 23.6 Å². The maximum Gasteiger partial charge on any atom is 0.317 e. The van der Waals surface area contributed by atoms with Gasteiger partial charge in [0, 0.05) is 53.9 Å². The van der Waals surface area contributed by atoms with Gasteiger partial charge < -0.3 is 20.7 Å². The molecular weight excluding hydrogens is 450 g/mol. The number of carbonyl (C=O) groups excluding carboxylic acids is 1. The highest BCUT2D eigenvalue weighted by Crippen LogP contribution is 2.44. The van der Waals surface area contributed by atoms with Crippen molar-refractivity contribution in [2.24, 2.45) is 0 Å². The highest BCUT2D eigenvalue weighted by molar-refractivity contribution is 7.09. The van der Waals surface area contributed by atoms with Crippen molar-refractivity contribution < 1.29 is 9.53 Å². The molecule has 0 saturated carbocycles. The molecule has 0 bridgehead atoms. The van der Waals surface area contributed by atoms with Crippen LogP contribution in [0.4, 0.5) is 10.6 Å². The van der Waals surface area contributed by atoms with Gasteiger partial charge in [-0.05, 0) is 52.7 Å². The number of fused-ring (bicyclic) bond motifs is 2. The zero-order chi connectivity index (χ0) is 24.0. The molecule has 3 N–H and O–H groups in total. The number of ether oxygens (including phenoxy) is 1. The number of thiazole rings is 1. The number of nitrogens with two attached hydrogens (primary N) is 1. The normalized spacial score (nSPS) is 20.2. The monoisotopic (exact) mass is 481 g/mol. The van der Waals surface area contributed by atoms with Gasteiger partial charge in [-0.15, -0.1) is 11.3 Å². The number of amides is 2. The number of rotatable bonds is 5. The number of urea groups is 1. The number of aryl methyl sites for hydroxylation is 2. The summed E-state index contributed by atoms with van der Waals surface area (Å²) in [6.45, 7) is 10.2. The third-order valence-electron chi connectivity index (χ3n) is 6.71. The molecule has 0 aliphatic carbocycles. The van der Waals surface area contributed by atoms with Crippen molar-refractivity contribution in [3.05, 3.63) is 40.1 Å². The minimum atomic E-state index is -0.235. The second-order valence-electron chi connectivity index (χ2n) is 9.60. The average molecular weight is 482 g/mol. The molecule has 3 aromatic rings. The Morgan fingerprint density at radius 2 is 2.06 bits per heavy atom. The fraction of sp³-hybridized carbons (Fsp3) is 0.500. The number of aromatic nitrogens is 4. The van der Waals surface area contributed by atoms with Gasteiger partial charge in [-0.3, -0.25) is 4.68 Å². The predicted molar refractivity (Wildman–Crippen MR) is 132 cm³/mol. The van der Waals surface area contributed by atoms with Crippen LogP contribution >= 0.6 is 11.3 Å². The Labute approximate surface area is 203 Å². The summed E-state index contributed by atoms with van der Waals surface area (Å²) in [7, 11) is 0. The van der Waals surface area contributed by atoms with Gasteiger partial charge in [0.25, 0.3) is 0 Å². The van der Waals surface area contributed by atoms with Crippen LogP contribution in [0.2, 0.25) is 0 Å². The van der Waals surface area contributed by atoms with Gasteiger partial charge >= 0.3 is 6.03 Å². The first-order chi connectivity index (χ1) is 16.2. The molecule has 2 aliphatic heterocycles. The molecule has 0 radical (unpaired) electrons. The number of anilines is 1. The number of likely N-dealkylation sites (tertiary alicyclic amines) is 1. The molecule has 5 rings (SSSR count). The van der Waals surface area contributed by atoms with Crippen LogP contribution in [0.1, 0.15) is 56.1 Å². The van der Waals surface area contributed by atoms with E-state index in [9.17, 15) is 4.79 Å². The zero-order valence-electron chi connectivity index (χ0n) is 20.0. The Morgan fingerprint density at radius 3 is 2.79 bits per heavy atom. The summed E-state index contributed by atoms with van der Waals surface area (Å²) in [5, 5.41) is 10.9. The molecule has 2 atom stereocenters. The first-order valence-electron chi connectivity index (χ1n) is 11.7. The molecule has 0 unspecified atom stereocenters. The molecule has 9 nitrogen and oxygen atoms in total. The first-order valence-corrected chi connectivity index (χ1v) is 12.6. The number of nitrogens with one attached hydrogen (secondary N) is 1. The van der Waals surface area contributed by atoms with Crippen molar-refractivity contribution in [3.63, 3.8) is 0 Å². The van der Waals surface area contributed by atoms with Gasteiger partial charge in [0.1, 0.15) is 6.10 Å². The summed E-state index contributed by atoms with van der Waals surface area (Å²) in [4.78, 5) is 23.4. The lowest BCUT2D eigenvalue weighted by Gasteiger charge is -2.24. The molecule has 2 amide bonds. The van der Waals surface area contributed by atoms with E-state index in [2.05, 4.69) is 26.0 Å². The molecule has 180 valence electrons. The summed E-state index contributed by atoms with van der Waals surface area (Å²) in [5.41, 5.74) is 9.84. The van der Waals surface area contributed by atoms with Crippen LogP contribution in [0.3, 0.4) is 0 Å². The highest BCUT2D eigenvalue weighted by Gasteiger charge is 2.47. The van der Waals surface area contributed by atoms with E-state index < -0.39 is 0 Å². The highest BCUT2D eigenvalue weighted by atomic mass is 32.1. The Morgan fingerprint density at radius 1 is 1.26 bits per heavy atom. The van der Waals surface area contributed by atoms with E-state index in [4.69, 9.17) is 15.6 Å². The lowest BCUT2D eigenvalue weighted by Crippen LogP contribution is -2.43. The lowest BCUT2D eigenvalue weighted by atomic mass is 9.82. The van der Waals surface area contributed by atoms with Crippen molar-refractivity contribution in [3.8, 4) is 17.0 Å². The average Bonchev–Trinajstić information content (AvgIpc) is 3.55.